The number of allylic oxidation sites excluding steroid dienone is 2. The van der Waals surface area contributed by atoms with Crippen LogP contribution >= 0.6 is 0 Å². The fraction of sp³-hybridized carbons (Fsp3) is 0.350. The van der Waals surface area contributed by atoms with Crippen LogP contribution in [0.3, 0.4) is 0 Å². The highest BCUT2D eigenvalue weighted by molar-refractivity contribution is 6.04. The summed E-state index contributed by atoms with van der Waals surface area (Å²) in [4.78, 5) is 36.2. The van der Waals surface area contributed by atoms with Gasteiger partial charge >= 0.3 is 11.9 Å². The molecule has 1 aliphatic carbocycles. The quantitative estimate of drug-likeness (QED) is 0.452. The highest BCUT2D eigenvalue weighted by Gasteiger charge is 2.66. The van der Waals surface area contributed by atoms with Crippen LogP contribution in [0.25, 0.3) is 10.9 Å². The molecule has 1 aromatic carbocycles. The molecule has 6 heteroatoms. The summed E-state index contributed by atoms with van der Waals surface area (Å²) >= 11 is 0. The smallest absolute Gasteiger partial charge is 0.323 e. The molecule has 1 atom stereocenters. The first-order chi connectivity index (χ1) is 12.5. The van der Waals surface area contributed by atoms with E-state index in [1.54, 1.807) is 16.8 Å². The highest BCUT2D eigenvalue weighted by atomic mass is 16.5. The molecule has 1 saturated carbocycles. The van der Waals surface area contributed by atoms with Crippen molar-refractivity contribution < 1.29 is 23.9 Å². The molecule has 0 N–H and O–H groups in total. The molecule has 2 aromatic rings. The molecule has 1 aromatic heterocycles. The molecule has 1 aliphatic rings. The third kappa shape index (κ3) is 3.03. The number of benzene rings is 1. The van der Waals surface area contributed by atoms with E-state index in [4.69, 9.17) is 9.47 Å². The minimum Gasteiger partial charge on any atom is -0.468 e. The number of rotatable bonds is 6. The first-order valence-corrected chi connectivity index (χ1v) is 8.47. The van der Waals surface area contributed by atoms with Gasteiger partial charge in [-0.1, -0.05) is 30.4 Å². The zero-order valence-corrected chi connectivity index (χ0v) is 14.8. The first kappa shape index (κ1) is 17.9. The predicted molar refractivity (Wildman–Crippen MR) is 95.5 cm³/mol. The summed E-state index contributed by atoms with van der Waals surface area (Å²) in [6.45, 7) is 0. The van der Waals surface area contributed by atoms with Crippen molar-refractivity contribution in [3.8, 4) is 0 Å². The average molecular weight is 355 g/mol. The Bertz CT molecular complexity index is 863. The molecule has 0 aliphatic heterocycles. The van der Waals surface area contributed by atoms with Crippen molar-refractivity contribution in [1.29, 1.82) is 0 Å². The standard InChI is InChI=1S/C20H21NO5/c1-25-18(23)20(19(24)26-2)13-15(20)8-4-6-10-17(22)21-12-11-14-7-3-5-9-16(14)21/h3-5,7-9,11-12,15H,6,10,13H2,1-2H3/b8-4+. The summed E-state index contributed by atoms with van der Waals surface area (Å²) in [6.07, 6.45) is 6.65. The summed E-state index contributed by atoms with van der Waals surface area (Å²) in [5.41, 5.74) is -0.334. The lowest BCUT2D eigenvalue weighted by Crippen LogP contribution is -2.30. The molecule has 1 fully saturated rings. The van der Waals surface area contributed by atoms with E-state index in [0.29, 0.717) is 19.3 Å². The van der Waals surface area contributed by atoms with Crippen molar-refractivity contribution in [3.05, 3.63) is 48.7 Å². The number of carbonyl (C=O) groups excluding carboxylic acids is 3. The summed E-state index contributed by atoms with van der Waals surface area (Å²) in [6, 6.07) is 9.62. The zero-order chi connectivity index (χ0) is 18.7. The fourth-order valence-corrected chi connectivity index (χ4v) is 3.33. The zero-order valence-electron chi connectivity index (χ0n) is 14.8. The number of esters is 2. The van der Waals surface area contributed by atoms with Gasteiger partial charge in [0.2, 0.25) is 5.91 Å². The van der Waals surface area contributed by atoms with Crippen LogP contribution in [0.2, 0.25) is 0 Å². The SMILES string of the molecule is COC(=O)C1(C(=O)OC)CC1/C=C/CCC(=O)n1ccc2ccccc21. The number of carbonyl (C=O) groups is 3. The minimum absolute atomic E-state index is 0.00107. The molecule has 1 unspecified atom stereocenters. The Kier molecular flexibility index (Phi) is 4.93. The van der Waals surface area contributed by atoms with Gasteiger partial charge in [-0.05, 0) is 25.0 Å². The normalized spacial score (nSPS) is 18.0. The van der Waals surface area contributed by atoms with E-state index in [-0.39, 0.29) is 11.8 Å². The van der Waals surface area contributed by atoms with E-state index in [2.05, 4.69) is 0 Å². The number of hydrogen-bond donors (Lipinski definition) is 0. The number of nitrogens with zero attached hydrogens (tertiary/aromatic N) is 1. The second kappa shape index (κ2) is 7.15. The minimum atomic E-state index is -1.22. The van der Waals surface area contributed by atoms with Gasteiger partial charge in [0.05, 0.1) is 19.7 Å². The molecule has 0 bridgehead atoms. The van der Waals surface area contributed by atoms with Gasteiger partial charge in [0.15, 0.2) is 5.41 Å². The number of methoxy groups -OCH3 is 2. The van der Waals surface area contributed by atoms with Crippen LogP contribution in [0, 0.1) is 11.3 Å². The van der Waals surface area contributed by atoms with Gasteiger partial charge < -0.3 is 9.47 Å². The van der Waals surface area contributed by atoms with Crippen LogP contribution in [0.15, 0.2) is 48.7 Å². The number of fused-ring (bicyclic) bond motifs is 1. The van der Waals surface area contributed by atoms with Gasteiger partial charge in [0.1, 0.15) is 0 Å². The maximum absolute atomic E-state index is 12.4. The van der Waals surface area contributed by atoms with Crippen LogP contribution < -0.4 is 0 Å². The Labute approximate surface area is 151 Å². The average Bonchev–Trinajstić information content (AvgIpc) is 3.24. The number of para-hydroxylation sites is 1. The molecule has 0 amide bonds. The molecular formula is C20H21NO5. The lowest BCUT2D eigenvalue weighted by molar-refractivity contribution is -0.161. The van der Waals surface area contributed by atoms with Crippen LogP contribution in [0.5, 0.6) is 0 Å². The Morgan fingerprint density at radius 1 is 1.15 bits per heavy atom. The van der Waals surface area contributed by atoms with Crippen molar-refractivity contribution in [3.63, 3.8) is 0 Å². The largest absolute Gasteiger partial charge is 0.468 e. The van der Waals surface area contributed by atoms with Crippen LogP contribution in [0.1, 0.15) is 24.1 Å². The maximum atomic E-state index is 12.4. The second-order valence-electron chi connectivity index (χ2n) is 6.37. The number of ether oxygens (including phenoxy) is 2. The summed E-state index contributed by atoms with van der Waals surface area (Å²) in [5.74, 6) is -1.40. The predicted octanol–water partition coefficient (Wildman–Crippen LogP) is 2.97. The van der Waals surface area contributed by atoms with E-state index in [9.17, 15) is 14.4 Å². The summed E-state index contributed by atoms with van der Waals surface area (Å²) in [5, 5.41) is 1.02. The number of aromatic nitrogens is 1. The topological polar surface area (TPSA) is 74.6 Å². The molecule has 1 heterocycles. The maximum Gasteiger partial charge on any atom is 0.323 e. The van der Waals surface area contributed by atoms with E-state index < -0.39 is 17.4 Å². The second-order valence-corrected chi connectivity index (χ2v) is 6.37. The lowest BCUT2D eigenvalue weighted by Gasteiger charge is -2.10. The monoisotopic (exact) mass is 355 g/mol. The van der Waals surface area contributed by atoms with Crippen molar-refractivity contribution in [2.45, 2.75) is 19.3 Å². The lowest BCUT2D eigenvalue weighted by atomic mass is 10.0. The molecule has 0 saturated heterocycles. The molecule has 0 radical (unpaired) electrons. The van der Waals surface area contributed by atoms with Crippen molar-refractivity contribution in [1.82, 2.24) is 4.57 Å². The molecular weight excluding hydrogens is 334 g/mol. The van der Waals surface area contributed by atoms with Crippen molar-refractivity contribution in [2.24, 2.45) is 11.3 Å². The Balaban J connectivity index is 1.59. The van der Waals surface area contributed by atoms with Gasteiger partial charge in [-0.25, -0.2) is 0 Å². The van der Waals surface area contributed by atoms with Crippen LogP contribution in [-0.4, -0.2) is 36.6 Å². The van der Waals surface area contributed by atoms with Gasteiger partial charge in [-0.15, -0.1) is 0 Å². The van der Waals surface area contributed by atoms with E-state index in [1.165, 1.54) is 14.2 Å². The third-order valence-electron chi connectivity index (χ3n) is 4.88. The Morgan fingerprint density at radius 3 is 2.54 bits per heavy atom. The van der Waals surface area contributed by atoms with Crippen LogP contribution in [-0.2, 0) is 19.1 Å². The molecule has 3 rings (SSSR count). The highest BCUT2D eigenvalue weighted by Crippen LogP contribution is 2.55. The Hall–Kier alpha value is -2.89. The fourth-order valence-electron chi connectivity index (χ4n) is 3.33. The molecule has 6 nitrogen and oxygen atoms in total. The first-order valence-electron chi connectivity index (χ1n) is 8.47. The van der Waals surface area contributed by atoms with Crippen molar-refractivity contribution in [2.75, 3.05) is 14.2 Å². The molecule has 26 heavy (non-hydrogen) atoms. The van der Waals surface area contributed by atoms with Gasteiger partial charge in [-0.2, -0.15) is 0 Å². The summed E-state index contributed by atoms with van der Waals surface area (Å²) < 4.78 is 11.1. The van der Waals surface area contributed by atoms with Crippen molar-refractivity contribution >= 4 is 28.7 Å². The summed E-state index contributed by atoms with van der Waals surface area (Å²) in [7, 11) is 2.51. The van der Waals surface area contributed by atoms with Gasteiger partial charge in [-0.3, -0.25) is 19.0 Å². The van der Waals surface area contributed by atoms with E-state index in [1.807, 2.05) is 36.4 Å². The van der Waals surface area contributed by atoms with Gasteiger partial charge in [0.25, 0.3) is 0 Å². The molecule has 0 spiro atoms. The van der Waals surface area contributed by atoms with Crippen LogP contribution in [0.4, 0.5) is 0 Å². The Morgan fingerprint density at radius 2 is 1.85 bits per heavy atom. The van der Waals surface area contributed by atoms with Gasteiger partial charge in [0, 0.05) is 23.9 Å². The van der Waals surface area contributed by atoms with E-state index >= 15 is 0 Å². The molecule has 136 valence electrons. The van der Waals surface area contributed by atoms with E-state index in [0.717, 1.165) is 10.9 Å². The number of hydrogen-bond acceptors (Lipinski definition) is 5. The third-order valence-corrected chi connectivity index (χ3v) is 4.88.